The van der Waals surface area contributed by atoms with Crippen molar-refractivity contribution >= 4 is 45.6 Å². The van der Waals surface area contributed by atoms with E-state index in [1.165, 1.54) is 22.7 Å². The number of nitrogens with zero attached hydrogens (tertiary/aromatic N) is 2. The molecule has 4 heterocycles. The number of carbonyl (C=O) groups excluding carboxylic acids is 1. The van der Waals surface area contributed by atoms with Gasteiger partial charge in [0.1, 0.15) is 6.04 Å². The number of thiazole rings is 1. The minimum absolute atomic E-state index is 0.180. The largest absolute Gasteiger partial charge is 0.463 e. The molecule has 6 rings (SSSR count). The lowest BCUT2D eigenvalue weighted by atomic mass is 10.0. The number of aromatic amines is 1. The molecule has 184 valence electrons. The van der Waals surface area contributed by atoms with E-state index in [1.807, 2.05) is 60.0 Å². The number of benzene rings is 2. The maximum atomic E-state index is 14.0. The molecule has 0 saturated heterocycles. The summed E-state index contributed by atoms with van der Waals surface area (Å²) in [6, 6.07) is 21.5. The zero-order chi connectivity index (χ0) is 25.5. The maximum absolute atomic E-state index is 14.0. The summed E-state index contributed by atoms with van der Waals surface area (Å²) in [5.41, 5.74) is 4.72. The van der Waals surface area contributed by atoms with E-state index in [2.05, 4.69) is 28.2 Å². The van der Waals surface area contributed by atoms with E-state index >= 15 is 0 Å². The Morgan fingerprint density at radius 2 is 1.89 bits per heavy atom. The van der Waals surface area contributed by atoms with Crippen LogP contribution in [0, 0.1) is 0 Å². The fourth-order valence-electron chi connectivity index (χ4n) is 4.78. The van der Waals surface area contributed by atoms with E-state index in [0.29, 0.717) is 20.6 Å². The Bertz CT molecular complexity index is 1840. The van der Waals surface area contributed by atoms with Gasteiger partial charge in [-0.2, -0.15) is 0 Å². The van der Waals surface area contributed by atoms with Crippen molar-refractivity contribution in [2.75, 3.05) is 6.61 Å². The van der Waals surface area contributed by atoms with Crippen molar-refractivity contribution in [1.29, 1.82) is 0 Å². The molecule has 0 unspecified atom stereocenters. The number of thiophene rings is 1. The lowest BCUT2D eigenvalue weighted by Gasteiger charge is -2.23. The second kappa shape index (κ2) is 9.46. The second-order valence-electron chi connectivity index (χ2n) is 8.64. The molecule has 0 bridgehead atoms. The second-order valence-corrected chi connectivity index (χ2v) is 10.6. The summed E-state index contributed by atoms with van der Waals surface area (Å²) in [5.74, 6) is -0.445. The SMILES string of the molecule is CCOC(=O)C1=C(C)N=c2s/c(=C/c3c(-c4ccccc4)[nH]c4ccccc34)c(=O)n2[C@@H]1c1cccs1. The number of H-pyrrole nitrogens is 1. The maximum Gasteiger partial charge on any atom is 0.338 e. The van der Waals surface area contributed by atoms with Crippen LogP contribution >= 0.6 is 22.7 Å². The molecule has 5 aromatic rings. The highest BCUT2D eigenvalue weighted by molar-refractivity contribution is 7.10. The number of allylic oxidation sites excluding steroid dienone is 1. The van der Waals surface area contributed by atoms with Crippen LogP contribution in [-0.2, 0) is 9.53 Å². The van der Waals surface area contributed by atoms with Gasteiger partial charge < -0.3 is 9.72 Å². The van der Waals surface area contributed by atoms with Crippen LogP contribution in [-0.4, -0.2) is 22.1 Å². The van der Waals surface area contributed by atoms with E-state index in [-0.39, 0.29) is 12.2 Å². The molecule has 1 atom stereocenters. The highest BCUT2D eigenvalue weighted by Gasteiger charge is 2.34. The Balaban J connectivity index is 1.60. The van der Waals surface area contributed by atoms with Gasteiger partial charge in [-0.15, -0.1) is 11.3 Å². The highest BCUT2D eigenvalue weighted by atomic mass is 32.1. The third-order valence-corrected chi connectivity index (χ3v) is 8.32. The predicted molar refractivity (Wildman–Crippen MR) is 148 cm³/mol. The average Bonchev–Trinajstić information content (AvgIpc) is 3.63. The fraction of sp³-hybridized carbons (Fsp3) is 0.138. The lowest BCUT2D eigenvalue weighted by molar-refractivity contribution is -0.139. The van der Waals surface area contributed by atoms with Crippen LogP contribution < -0.4 is 14.9 Å². The Morgan fingerprint density at radius 3 is 2.65 bits per heavy atom. The van der Waals surface area contributed by atoms with Gasteiger partial charge in [-0.3, -0.25) is 9.36 Å². The molecule has 0 spiro atoms. The summed E-state index contributed by atoms with van der Waals surface area (Å²) in [6.45, 7) is 3.83. The number of nitrogens with one attached hydrogen (secondary N) is 1. The first-order valence-corrected chi connectivity index (χ1v) is 13.7. The average molecular weight is 526 g/mol. The van der Waals surface area contributed by atoms with E-state index in [1.54, 1.807) is 18.4 Å². The molecule has 0 amide bonds. The van der Waals surface area contributed by atoms with Gasteiger partial charge in [0.05, 0.1) is 28.1 Å². The third-order valence-electron chi connectivity index (χ3n) is 6.41. The van der Waals surface area contributed by atoms with Crippen LogP contribution in [0.15, 0.2) is 93.2 Å². The zero-order valence-electron chi connectivity index (χ0n) is 20.2. The Labute approximate surface area is 220 Å². The molecule has 0 aliphatic carbocycles. The molecule has 0 fully saturated rings. The van der Waals surface area contributed by atoms with Crippen LogP contribution in [0.2, 0.25) is 0 Å². The molecule has 0 radical (unpaired) electrons. The number of fused-ring (bicyclic) bond motifs is 2. The minimum Gasteiger partial charge on any atom is -0.463 e. The third kappa shape index (κ3) is 3.98. The van der Waals surface area contributed by atoms with Crippen LogP contribution in [0.25, 0.3) is 28.2 Å². The molecule has 0 saturated carbocycles. The van der Waals surface area contributed by atoms with Crippen molar-refractivity contribution in [3.63, 3.8) is 0 Å². The number of hydrogen-bond donors (Lipinski definition) is 1. The van der Waals surface area contributed by atoms with E-state index < -0.39 is 12.0 Å². The summed E-state index contributed by atoms with van der Waals surface area (Å²) in [4.78, 5) is 36.6. The molecule has 3 aromatic heterocycles. The minimum atomic E-state index is -0.575. The molecule has 2 aromatic carbocycles. The van der Waals surface area contributed by atoms with Crippen molar-refractivity contribution in [2.24, 2.45) is 4.99 Å². The van der Waals surface area contributed by atoms with Crippen molar-refractivity contribution in [3.8, 4) is 11.3 Å². The highest BCUT2D eigenvalue weighted by Crippen LogP contribution is 2.34. The summed E-state index contributed by atoms with van der Waals surface area (Å²) in [6.07, 6.45) is 1.94. The lowest BCUT2D eigenvalue weighted by Crippen LogP contribution is -2.39. The predicted octanol–water partition coefficient (Wildman–Crippen LogP) is 5.01. The summed E-state index contributed by atoms with van der Waals surface area (Å²) < 4.78 is 7.56. The van der Waals surface area contributed by atoms with E-state index in [0.717, 1.165) is 32.6 Å². The number of rotatable bonds is 5. The van der Waals surface area contributed by atoms with Crippen molar-refractivity contribution < 1.29 is 9.53 Å². The standard InChI is InChI=1S/C29H23N3O3S2/c1-3-35-28(34)24-17(2)30-29-32(26(24)22-14-9-15-36-22)27(33)23(37-29)16-20-19-12-7-8-13-21(19)31-25(20)18-10-5-4-6-11-18/h4-16,26,31H,3H2,1-2H3/b23-16+/t26-/m1/s1. The smallest absolute Gasteiger partial charge is 0.338 e. The van der Waals surface area contributed by atoms with E-state index in [9.17, 15) is 9.59 Å². The van der Waals surface area contributed by atoms with Crippen LogP contribution in [0.4, 0.5) is 0 Å². The number of hydrogen-bond acceptors (Lipinski definition) is 6. The molecule has 1 aliphatic heterocycles. The van der Waals surface area contributed by atoms with Crippen molar-refractivity contribution in [1.82, 2.24) is 9.55 Å². The van der Waals surface area contributed by atoms with Crippen LogP contribution in [0.5, 0.6) is 0 Å². The van der Waals surface area contributed by atoms with Gasteiger partial charge in [-0.25, -0.2) is 9.79 Å². The molecule has 1 N–H and O–H groups in total. The Morgan fingerprint density at radius 1 is 1.11 bits per heavy atom. The van der Waals surface area contributed by atoms with Gasteiger partial charge in [-0.1, -0.05) is 65.9 Å². The first-order valence-electron chi connectivity index (χ1n) is 12.0. The van der Waals surface area contributed by atoms with Crippen molar-refractivity contribution in [3.05, 3.63) is 114 Å². The quantitative estimate of drug-likeness (QED) is 0.328. The normalized spacial score (nSPS) is 15.6. The number of carbonyl (C=O) groups is 1. The van der Waals surface area contributed by atoms with E-state index in [4.69, 9.17) is 4.74 Å². The summed E-state index contributed by atoms with van der Waals surface area (Å²) in [7, 11) is 0. The van der Waals surface area contributed by atoms with Gasteiger partial charge >= 0.3 is 5.97 Å². The summed E-state index contributed by atoms with van der Waals surface area (Å²) in [5, 5.41) is 2.98. The number of aromatic nitrogens is 2. The Hall–Kier alpha value is -4.01. The molecular formula is C29H23N3O3S2. The number of esters is 1. The van der Waals surface area contributed by atoms with Gasteiger partial charge in [0.15, 0.2) is 4.80 Å². The molecule has 6 nitrogen and oxygen atoms in total. The van der Waals surface area contributed by atoms with Crippen molar-refractivity contribution in [2.45, 2.75) is 19.9 Å². The summed E-state index contributed by atoms with van der Waals surface area (Å²) >= 11 is 2.84. The zero-order valence-corrected chi connectivity index (χ0v) is 21.9. The molecule has 37 heavy (non-hydrogen) atoms. The number of ether oxygens (including phenoxy) is 1. The monoisotopic (exact) mass is 525 g/mol. The molecule has 8 heteroatoms. The van der Waals surface area contributed by atoms with Gasteiger partial charge in [0, 0.05) is 21.3 Å². The first-order chi connectivity index (χ1) is 18.1. The van der Waals surface area contributed by atoms with Gasteiger partial charge in [0.25, 0.3) is 5.56 Å². The van der Waals surface area contributed by atoms with Gasteiger partial charge in [0.2, 0.25) is 0 Å². The van der Waals surface area contributed by atoms with Crippen LogP contribution in [0.3, 0.4) is 0 Å². The molecular weight excluding hydrogens is 502 g/mol. The first kappa shape index (κ1) is 23.4. The Kier molecular flexibility index (Phi) is 5.98. The molecule has 1 aliphatic rings. The van der Waals surface area contributed by atoms with Crippen LogP contribution in [0.1, 0.15) is 30.3 Å². The number of para-hydroxylation sites is 1. The topological polar surface area (TPSA) is 76.4 Å². The van der Waals surface area contributed by atoms with Gasteiger partial charge in [-0.05, 0) is 43.0 Å². The fourth-order valence-corrected chi connectivity index (χ4v) is 6.64.